The molecule has 1 aromatic carbocycles. The molecular formula is C16H20N4O3S. The molecule has 1 aliphatic heterocycles. The van der Waals surface area contributed by atoms with Gasteiger partial charge < -0.3 is 4.90 Å². The summed E-state index contributed by atoms with van der Waals surface area (Å²) in [5, 5.41) is 4.15. The van der Waals surface area contributed by atoms with Gasteiger partial charge in [-0.1, -0.05) is 0 Å². The third kappa shape index (κ3) is 4.01. The van der Waals surface area contributed by atoms with E-state index in [1.54, 1.807) is 27.9 Å². The Morgan fingerprint density at radius 3 is 2.67 bits per heavy atom. The first-order valence-corrected chi connectivity index (χ1v) is 9.68. The molecule has 2 heterocycles. The average molecular weight is 348 g/mol. The van der Waals surface area contributed by atoms with Crippen LogP contribution in [0, 0.1) is 0 Å². The van der Waals surface area contributed by atoms with E-state index < -0.39 is 10.0 Å². The molecule has 2 aromatic rings. The van der Waals surface area contributed by atoms with Crippen LogP contribution in [0.4, 0.5) is 0 Å². The van der Waals surface area contributed by atoms with Crippen LogP contribution in [0.15, 0.2) is 42.7 Å². The molecule has 0 bridgehead atoms. The SMILES string of the molecule is CS(=O)(=O)N[C@H]1CCCN(C(=O)c2ccc(-n3cccn3)cc2)C1. The molecule has 128 valence electrons. The fourth-order valence-electron chi connectivity index (χ4n) is 2.92. The molecule has 8 heteroatoms. The van der Waals surface area contributed by atoms with Crippen molar-refractivity contribution in [2.75, 3.05) is 19.3 Å². The van der Waals surface area contributed by atoms with Gasteiger partial charge >= 0.3 is 0 Å². The molecule has 1 aliphatic rings. The molecular weight excluding hydrogens is 328 g/mol. The lowest BCUT2D eigenvalue weighted by Gasteiger charge is -2.32. The normalized spacial score (nSPS) is 18.5. The molecule has 1 N–H and O–H groups in total. The fourth-order valence-corrected chi connectivity index (χ4v) is 3.72. The Morgan fingerprint density at radius 2 is 2.04 bits per heavy atom. The Bertz CT molecular complexity index is 800. The number of hydrogen-bond acceptors (Lipinski definition) is 4. The maximum absolute atomic E-state index is 12.6. The quantitative estimate of drug-likeness (QED) is 0.894. The van der Waals surface area contributed by atoms with E-state index in [1.165, 1.54) is 0 Å². The highest BCUT2D eigenvalue weighted by Crippen LogP contribution is 2.16. The average Bonchev–Trinajstić information content (AvgIpc) is 3.07. The molecule has 24 heavy (non-hydrogen) atoms. The van der Waals surface area contributed by atoms with E-state index in [1.807, 2.05) is 24.4 Å². The monoisotopic (exact) mass is 348 g/mol. The number of amides is 1. The summed E-state index contributed by atoms with van der Waals surface area (Å²) in [5.74, 6) is -0.0815. The molecule has 1 aromatic heterocycles. The minimum atomic E-state index is -3.27. The third-order valence-corrected chi connectivity index (χ3v) is 4.73. The second-order valence-electron chi connectivity index (χ2n) is 5.98. The third-order valence-electron chi connectivity index (χ3n) is 3.97. The highest BCUT2D eigenvalue weighted by Gasteiger charge is 2.26. The van der Waals surface area contributed by atoms with Crippen LogP contribution >= 0.6 is 0 Å². The van der Waals surface area contributed by atoms with Crippen molar-refractivity contribution >= 4 is 15.9 Å². The second-order valence-corrected chi connectivity index (χ2v) is 7.76. The van der Waals surface area contributed by atoms with Crippen LogP contribution in [0.25, 0.3) is 5.69 Å². The first-order valence-electron chi connectivity index (χ1n) is 7.79. The number of likely N-dealkylation sites (tertiary alicyclic amines) is 1. The van der Waals surface area contributed by atoms with Crippen LogP contribution in [0.5, 0.6) is 0 Å². The summed E-state index contributed by atoms with van der Waals surface area (Å²) in [6.07, 6.45) is 6.20. The largest absolute Gasteiger partial charge is 0.337 e. The van der Waals surface area contributed by atoms with E-state index >= 15 is 0 Å². The fraction of sp³-hybridized carbons (Fsp3) is 0.375. The van der Waals surface area contributed by atoms with Gasteiger partial charge in [0, 0.05) is 37.1 Å². The maximum Gasteiger partial charge on any atom is 0.253 e. The predicted octanol–water partition coefficient (Wildman–Crippen LogP) is 1.03. The topological polar surface area (TPSA) is 84.3 Å². The van der Waals surface area contributed by atoms with Crippen molar-refractivity contribution in [3.05, 3.63) is 48.3 Å². The number of rotatable bonds is 4. The van der Waals surface area contributed by atoms with E-state index in [0.29, 0.717) is 18.7 Å². The summed E-state index contributed by atoms with van der Waals surface area (Å²) in [6.45, 7) is 1.04. The van der Waals surface area contributed by atoms with Gasteiger partial charge in [0.05, 0.1) is 11.9 Å². The van der Waals surface area contributed by atoms with Gasteiger partial charge in [-0.3, -0.25) is 4.79 Å². The minimum Gasteiger partial charge on any atom is -0.337 e. The number of nitrogens with one attached hydrogen (secondary N) is 1. The lowest BCUT2D eigenvalue weighted by molar-refractivity contribution is 0.0703. The van der Waals surface area contributed by atoms with E-state index in [-0.39, 0.29) is 11.9 Å². The second kappa shape index (κ2) is 6.74. The molecule has 7 nitrogen and oxygen atoms in total. The smallest absolute Gasteiger partial charge is 0.253 e. The van der Waals surface area contributed by atoms with Gasteiger partial charge in [0.25, 0.3) is 5.91 Å². The van der Waals surface area contributed by atoms with Gasteiger partial charge in [-0.2, -0.15) is 5.10 Å². The maximum atomic E-state index is 12.6. The van der Waals surface area contributed by atoms with Crippen molar-refractivity contribution in [3.8, 4) is 5.69 Å². The Balaban J connectivity index is 1.69. The number of piperidine rings is 1. The van der Waals surface area contributed by atoms with E-state index in [2.05, 4.69) is 9.82 Å². The Kier molecular flexibility index (Phi) is 4.68. The van der Waals surface area contributed by atoms with Crippen molar-refractivity contribution < 1.29 is 13.2 Å². The first-order chi connectivity index (χ1) is 11.4. The van der Waals surface area contributed by atoms with Crippen molar-refractivity contribution in [1.82, 2.24) is 19.4 Å². The lowest BCUT2D eigenvalue weighted by Crippen LogP contribution is -2.49. The van der Waals surface area contributed by atoms with Crippen molar-refractivity contribution in [2.24, 2.45) is 0 Å². The molecule has 3 rings (SSSR count). The number of aromatic nitrogens is 2. The zero-order valence-electron chi connectivity index (χ0n) is 13.4. The van der Waals surface area contributed by atoms with Crippen molar-refractivity contribution in [2.45, 2.75) is 18.9 Å². The Morgan fingerprint density at radius 1 is 1.29 bits per heavy atom. The first kappa shape index (κ1) is 16.7. The van der Waals surface area contributed by atoms with Crippen molar-refractivity contribution in [1.29, 1.82) is 0 Å². The Hall–Kier alpha value is -2.19. The highest BCUT2D eigenvalue weighted by molar-refractivity contribution is 7.88. The van der Waals surface area contributed by atoms with Crippen LogP contribution in [0.2, 0.25) is 0 Å². The van der Waals surface area contributed by atoms with Gasteiger partial charge in [0.15, 0.2) is 0 Å². The molecule has 1 amide bonds. The summed E-state index contributed by atoms with van der Waals surface area (Å²) in [4.78, 5) is 14.3. The Labute approximate surface area is 141 Å². The van der Waals surface area contributed by atoms with Crippen LogP contribution in [0.1, 0.15) is 23.2 Å². The molecule has 0 saturated carbocycles. The molecule has 1 atom stereocenters. The molecule has 1 saturated heterocycles. The lowest BCUT2D eigenvalue weighted by atomic mass is 10.1. The summed E-state index contributed by atoms with van der Waals surface area (Å²) in [5.41, 5.74) is 1.47. The molecule has 1 fully saturated rings. The number of sulfonamides is 1. The number of hydrogen-bond donors (Lipinski definition) is 1. The van der Waals surface area contributed by atoms with Gasteiger partial charge in [0.1, 0.15) is 0 Å². The zero-order chi connectivity index (χ0) is 17.2. The summed E-state index contributed by atoms with van der Waals surface area (Å²) in [6, 6.07) is 8.84. The standard InChI is InChI=1S/C16H20N4O3S/c1-24(22,23)18-14-4-2-10-19(12-14)16(21)13-5-7-15(8-6-13)20-11-3-9-17-20/h3,5-9,11,14,18H,2,4,10,12H2,1H3/t14-/m0/s1. The number of carbonyl (C=O) groups is 1. The van der Waals surface area contributed by atoms with Crippen LogP contribution in [-0.2, 0) is 10.0 Å². The van der Waals surface area contributed by atoms with E-state index in [4.69, 9.17) is 0 Å². The molecule has 0 radical (unpaired) electrons. The van der Waals surface area contributed by atoms with Gasteiger partial charge in [-0.05, 0) is 43.2 Å². The number of benzene rings is 1. The highest BCUT2D eigenvalue weighted by atomic mass is 32.2. The zero-order valence-corrected chi connectivity index (χ0v) is 14.2. The van der Waals surface area contributed by atoms with Crippen LogP contribution < -0.4 is 4.72 Å². The van der Waals surface area contributed by atoms with Gasteiger partial charge in [0.2, 0.25) is 10.0 Å². The van der Waals surface area contributed by atoms with Gasteiger partial charge in [-0.15, -0.1) is 0 Å². The van der Waals surface area contributed by atoms with E-state index in [0.717, 1.165) is 24.8 Å². The molecule has 0 aliphatic carbocycles. The molecule has 0 unspecified atom stereocenters. The minimum absolute atomic E-state index is 0.0815. The molecule has 0 spiro atoms. The number of nitrogens with zero attached hydrogens (tertiary/aromatic N) is 3. The predicted molar refractivity (Wildman–Crippen MR) is 90.5 cm³/mol. The van der Waals surface area contributed by atoms with E-state index in [9.17, 15) is 13.2 Å². The van der Waals surface area contributed by atoms with Crippen LogP contribution in [-0.4, -0.2) is 54.4 Å². The summed E-state index contributed by atoms with van der Waals surface area (Å²) in [7, 11) is -3.27. The summed E-state index contributed by atoms with van der Waals surface area (Å²) < 4.78 is 27.1. The number of carbonyl (C=O) groups excluding carboxylic acids is 1. The summed E-state index contributed by atoms with van der Waals surface area (Å²) >= 11 is 0. The van der Waals surface area contributed by atoms with Crippen LogP contribution in [0.3, 0.4) is 0 Å². The van der Waals surface area contributed by atoms with Gasteiger partial charge in [-0.25, -0.2) is 17.8 Å². The van der Waals surface area contributed by atoms with Crippen molar-refractivity contribution in [3.63, 3.8) is 0 Å².